The van der Waals surface area contributed by atoms with E-state index in [1.54, 1.807) is 27.4 Å². The number of nitrogens with zero attached hydrogens (tertiary/aromatic N) is 1. The second kappa shape index (κ2) is 9.28. The Labute approximate surface area is 168 Å². The molecule has 1 aliphatic heterocycles. The zero-order valence-corrected chi connectivity index (χ0v) is 16.7. The van der Waals surface area contributed by atoms with Gasteiger partial charge in [0, 0.05) is 49.5 Å². The average Bonchev–Trinajstić information content (AvgIpc) is 2.69. The molecule has 1 saturated heterocycles. The van der Waals surface area contributed by atoms with E-state index in [1.165, 1.54) is 0 Å². The van der Waals surface area contributed by atoms with Crippen molar-refractivity contribution in [2.24, 2.45) is 0 Å². The lowest BCUT2D eigenvalue weighted by Crippen LogP contribution is -2.48. The summed E-state index contributed by atoms with van der Waals surface area (Å²) >= 11 is 0. The standard InChI is InChI=1S/C21H25F2NO5/c1-26-19-10-21(28-3)20(27-2)6-13(19)11-24-5-4-18(17(25)12-24)29-16-8-14(22)7-15(23)9-16/h6-10,17-18,25H,4-5,11-12H2,1-3H3/t17-,18-/m1/s1. The molecule has 1 heterocycles. The maximum Gasteiger partial charge on any atom is 0.164 e. The molecule has 2 atom stereocenters. The molecule has 0 unspecified atom stereocenters. The molecule has 29 heavy (non-hydrogen) atoms. The van der Waals surface area contributed by atoms with E-state index in [4.69, 9.17) is 18.9 Å². The summed E-state index contributed by atoms with van der Waals surface area (Å²) in [6.07, 6.45) is -0.837. The molecule has 1 N–H and O–H groups in total. The van der Waals surface area contributed by atoms with Crippen molar-refractivity contribution < 1.29 is 32.8 Å². The van der Waals surface area contributed by atoms with E-state index in [1.807, 2.05) is 6.07 Å². The Morgan fingerprint density at radius 2 is 1.55 bits per heavy atom. The number of piperidine rings is 1. The lowest BCUT2D eigenvalue weighted by Gasteiger charge is -2.36. The molecule has 0 amide bonds. The topological polar surface area (TPSA) is 60.4 Å². The van der Waals surface area contributed by atoms with Crippen molar-refractivity contribution in [1.82, 2.24) is 4.90 Å². The summed E-state index contributed by atoms with van der Waals surface area (Å²) in [5.74, 6) is 0.463. The first-order chi connectivity index (χ1) is 13.9. The van der Waals surface area contributed by atoms with Crippen LogP contribution in [-0.4, -0.2) is 56.6 Å². The molecule has 0 saturated carbocycles. The van der Waals surface area contributed by atoms with Crippen LogP contribution in [0.1, 0.15) is 12.0 Å². The van der Waals surface area contributed by atoms with Gasteiger partial charge in [0.05, 0.1) is 21.3 Å². The molecule has 2 aromatic rings. The zero-order chi connectivity index (χ0) is 21.0. The van der Waals surface area contributed by atoms with Gasteiger partial charge in [-0.1, -0.05) is 0 Å². The summed E-state index contributed by atoms with van der Waals surface area (Å²) in [5.41, 5.74) is 0.893. The Bertz CT molecular complexity index is 828. The molecule has 2 aromatic carbocycles. The van der Waals surface area contributed by atoms with Crippen molar-refractivity contribution in [1.29, 1.82) is 0 Å². The van der Waals surface area contributed by atoms with Crippen molar-refractivity contribution in [2.75, 3.05) is 34.4 Å². The Kier molecular flexibility index (Phi) is 6.76. The molecule has 1 aliphatic rings. The molecule has 3 rings (SSSR count). The highest BCUT2D eigenvalue weighted by Gasteiger charge is 2.30. The summed E-state index contributed by atoms with van der Waals surface area (Å²) in [7, 11) is 4.70. The Morgan fingerprint density at radius 3 is 2.14 bits per heavy atom. The normalized spacial score (nSPS) is 19.7. The number of aliphatic hydroxyl groups excluding tert-OH is 1. The van der Waals surface area contributed by atoms with E-state index in [0.29, 0.717) is 43.3 Å². The molecule has 158 valence electrons. The van der Waals surface area contributed by atoms with Gasteiger partial charge in [-0.15, -0.1) is 0 Å². The number of likely N-dealkylation sites (tertiary alicyclic amines) is 1. The lowest BCUT2D eigenvalue weighted by molar-refractivity contribution is -0.0278. The first-order valence-electron chi connectivity index (χ1n) is 9.25. The van der Waals surface area contributed by atoms with Crippen molar-refractivity contribution in [2.45, 2.75) is 25.2 Å². The predicted octanol–water partition coefficient (Wildman–Crippen LogP) is 3.00. The minimum Gasteiger partial charge on any atom is -0.496 e. The summed E-state index contributed by atoms with van der Waals surface area (Å²) in [5, 5.41) is 10.5. The van der Waals surface area contributed by atoms with Crippen LogP contribution in [0.5, 0.6) is 23.0 Å². The van der Waals surface area contributed by atoms with Crippen LogP contribution in [-0.2, 0) is 6.54 Å². The number of halogens is 2. The second-order valence-corrected chi connectivity index (χ2v) is 6.87. The Hall–Kier alpha value is -2.58. The third kappa shape index (κ3) is 5.07. The van der Waals surface area contributed by atoms with Crippen LogP contribution < -0.4 is 18.9 Å². The highest BCUT2D eigenvalue weighted by Crippen LogP contribution is 2.35. The van der Waals surface area contributed by atoms with Crippen molar-refractivity contribution in [3.8, 4) is 23.0 Å². The largest absolute Gasteiger partial charge is 0.496 e. The van der Waals surface area contributed by atoms with Gasteiger partial charge in [-0.3, -0.25) is 4.90 Å². The van der Waals surface area contributed by atoms with Gasteiger partial charge >= 0.3 is 0 Å². The molecule has 0 aliphatic carbocycles. The molecule has 1 fully saturated rings. The summed E-state index contributed by atoms with van der Waals surface area (Å²) in [4.78, 5) is 2.06. The minimum atomic E-state index is -0.804. The monoisotopic (exact) mass is 409 g/mol. The maximum atomic E-state index is 13.3. The van der Waals surface area contributed by atoms with Crippen LogP contribution >= 0.6 is 0 Å². The molecule has 6 nitrogen and oxygen atoms in total. The lowest BCUT2D eigenvalue weighted by atomic mass is 10.0. The number of hydrogen-bond acceptors (Lipinski definition) is 6. The number of methoxy groups -OCH3 is 3. The molecule has 0 spiro atoms. The van der Waals surface area contributed by atoms with E-state index >= 15 is 0 Å². The highest BCUT2D eigenvalue weighted by atomic mass is 19.1. The number of rotatable bonds is 7. The second-order valence-electron chi connectivity index (χ2n) is 6.87. The Morgan fingerprint density at radius 1 is 0.931 bits per heavy atom. The van der Waals surface area contributed by atoms with Gasteiger partial charge in [-0.25, -0.2) is 8.78 Å². The summed E-state index contributed by atoms with van der Waals surface area (Å²) < 4.78 is 48.4. The van der Waals surface area contributed by atoms with Crippen LogP contribution in [0.15, 0.2) is 30.3 Å². The smallest absolute Gasteiger partial charge is 0.164 e. The quantitative estimate of drug-likeness (QED) is 0.759. The third-order valence-corrected chi connectivity index (χ3v) is 4.91. The average molecular weight is 409 g/mol. The maximum absolute atomic E-state index is 13.3. The van der Waals surface area contributed by atoms with Gasteiger partial charge in [0.15, 0.2) is 11.5 Å². The number of ether oxygens (including phenoxy) is 4. The molecule has 8 heteroatoms. The first-order valence-corrected chi connectivity index (χ1v) is 9.25. The predicted molar refractivity (Wildman–Crippen MR) is 103 cm³/mol. The first kappa shape index (κ1) is 21.1. The van der Waals surface area contributed by atoms with Gasteiger partial charge in [0.1, 0.15) is 35.3 Å². The Balaban J connectivity index is 1.67. The fraction of sp³-hybridized carbons (Fsp3) is 0.429. The number of β-amino-alcohol motifs (C(OH)–C–C–N with tert-alkyl or cyclic N) is 1. The fourth-order valence-corrected chi connectivity index (χ4v) is 3.48. The van der Waals surface area contributed by atoms with Gasteiger partial charge in [-0.05, 0) is 12.5 Å². The van der Waals surface area contributed by atoms with Gasteiger partial charge in [-0.2, -0.15) is 0 Å². The summed E-state index contributed by atoms with van der Waals surface area (Å²) in [6.45, 7) is 1.51. The molecule has 0 bridgehead atoms. The van der Waals surface area contributed by atoms with Crippen LogP contribution in [0.3, 0.4) is 0 Å². The van der Waals surface area contributed by atoms with Crippen LogP contribution in [0.4, 0.5) is 8.78 Å². The molecular formula is C21H25F2NO5. The van der Waals surface area contributed by atoms with Crippen molar-refractivity contribution in [3.63, 3.8) is 0 Å². The summed E-state index contributed by atoms with van der Waals surface area (Å²) in [6, 6.07) is 6.61. The molecule has 0 radical (unpaired) electrons. The zero-order valence-electron chi connectivity index (χ0n) is 16.7. The van der Waals surface area contributed by atoms with Gasteiger partial charge in [0.2, 0.25) is 0 Å². The SMILES string of the molecule is COc1cc(OC)c(OC)cc1CN1CC[C@@H](Oc2cc(F)cc(F)c2)[C@H](O)C1. The third-order valence-electron chi connectivity index (χ3n) is 4.91. The highest BCUT2D eigenvalue weighted by molar-refractivity contribution is 5.50. The van der Waals surface area contributed by atoms with Crippen molar-refractivity contribution >= 4 is 0 Å². The van der Waals surface area contributed by atoms with Crippen LogP contribution in [0.2, 0.25) is 0 Å². The molecular weight excluding hydrogens is 384 g/mol. The molecule has 0 aromatic heterocycles. The minimum absolute atomic E-state index is 0.0709. The van der Waals surface area contributed by atoms with Crippen molar-refractivity contribution in [3.05, 3.63) is 47.5 Å². The van der Waals surface area contributed by atoms with E-state index in [-0.39, 0.29) is 5.75 Å². The number of aliphatic hydroxyl groups is 1. The number of benzene rings is 2. The van der Waals surface area contributed by atoms with Gasteiger partial charge < -0.3 is 24.1 Å². The van der Waals surface area contributed by atoms with Crippen LogP contribution in [0.25, 0.3) is 0 Å². The van der Waals surface area contributed by atoms with E-state index in [2.05, 4.69) is 4.90 Å². The van der Waals surface area contributed by atoms with E-state index < -0.39 is 23.8 Å². The fourth-order valence-electron chi connectivity index (χ4n) is 3.48. The van der Waals surface area contributed by atoms with Gasteiger partial charge in [0.25, 0.3) is 0 Å². The van der Waals surface area contributed by atoms with E-state index in [9.17, 15) is 13.9 Å². The number of hydrogen-bond donors (Lipinski definition) is 1. The van der Waals surface area contributed by atoms with Crippen LogP contribution in [0, 0.1) is 11.6 Å². The van der Waals surface area contributed by atoms with E-state index in [0.717, 1.165) is 23.8 Å².